The van der Waals surface area contributed by atoms with E-state index in [1.54, 1.807) is 0 Å². The third-order valence-electron chi connectivity index (χ3n) is 5.15. The normalized spacial score (nSPS) is 17.2. The van der Waals surface area contributed by atoms with Crippen molar-refractivity contribution in [1.29, 1.82) is 0 Å². The van der Waals surface area contributed by atoms with Gasteiger partial charge in [0.1, 0.15) is 5.82 Å². The number of nitrogens with zero attached hydrogens (tertiary/aromatic N) is 2. The minimum atomic E-state index is 0.0756. The first-order valence-electron chi connectivity index (χ1n) is 9.06. The minimum Gasteiger partial charge on any atom is -0.392 e. The number of imidazole rings is 1. The van der Waals surface area contributed by atoms with Gasteiger partial charge in [-0.05, 0) is 55.0 Å². The zero-order valence-corrected chi connectivity index (χ0v) is 14.9. The van der Waals surface area contributed by atoms with E-state index < -0.39 is 0 Å². The Balaban J connectivity index is 1.42. The van der Waals surface area contributed by atoms with E-state index in [2.05, 4.69) is 22.1 Å². The van der Waals surface area contributed by atoms with E-state index in [0.29, 0.717) is 11.5 Å². The quantitative estimate of drug-likeness (QED) is 0.760. The lowest BCUT2D eigenvalue weighted by Crippen LogP contribution is -2.28. The molecule has 1 amide bonds. The number of H-pyrrole nitrogens is 1. The van der Waals surface area contributed by atoms with Crippen molar-refractivity contribution in [3.05, 3.63) is 65.0 Å². The first-order valence-corrected chi connectivity index (χ1v) is 9.06. The molecule has 1 saturated heterocycles. The summed E-state index contributed by atoms with van der Waals surface area (Å²) in [5.74, 6) is 1.44. The number of aryl methyl sites for hydroxylation is 1. The van der Waals surface area contributed by atoms with Crippen LogP contribution in [-0.2, 0) is 13.0 Å². The number of nitrogens with one attached hydrogen (secondary N) is 1. The number of hydrogen-bond acceptors (Lipinski definition) is 3. The molecule has 5 nitrogen and oxygen atoms in total. The molecular formula is C21H23N3O2. The maximum atomic E-state index is 12.8. The Labute approximate surface area is 152 Å². The first kappa shape index (κ1) is 16.8. The molecule has 1 aliphatic heterocycles. The molecule has 1 atom stereocenters. The monoisotopic (exact) mass is 349 g/mol. The molecule has 1 fully saturated rings. The highest BCUT2D eigenvalue weighted by molar-refractivity contribution is 5.97. The summed E-state index contributed by atoms with van der Waals surface area (Å²) in [6, 6.07) is 13.8. The van der Waals surface area contributed by atoms with Crippen LogP contribution >= 0.6 is 0 Å². The van der Waals surface area contributed by atoms with E-state index in [1.807, 2.05) is 42.2 Å². The number of rotatable bonds is 4. The molecule has 26 heavy (non-hydrogen) atoms. The predicted molar refractivity (Wildman–Crippen MR) is 101 cm³/mol. The van der Waals surface area contributed by atoms with Crippen LogP contribution in [-0.4, -0.2) is 39.0 Å². The van der Waals surface area contributed by atoms with Gasteiger partial charge in [0, 0.05) is 18.7 Å². The lowest BCUT2D eigenvalue weighted by Gasteiger charge is -2.17. The zero-order chi connectivity index (χ0) is 18.1. The molecule has 0 saturated carbocycles. The van der Waals surface area contributed by atoms with Gasteiger partial charge in [-0.3, -0.25) is 4.79 Å². The van der Waals surface area contributed by atoms with Gasteiger partial charge in [-0.25, -0.2) is 4.98 Å². The largest absolute Gasteiger partial charge is 0.392 e. The molecule has 1 aliphatic rings. The van der Waals surface area contributed by atoms with Crippen LogP contribution < -0.4 is 0 Å². The van der Waals surface area contributed by atoms with Crippen molar-refractivity contribution in [2.75, 3.05) is 13.1 Å². The number of aliphatic hydroxyl groups is 1. The van der Waals surface area contributed by atoms with E-state index in [4.69, 9.17) is 5.11 Å². The van der Waals surface area contributed by atoms with E-state index in [9.17, 15) is 4.79 Å². The molecule has 0 bridgehead atoms. The summed E-state index contributed by atoms with van der Waals surface area (Å²) >= 11 is 0. The van der Waals surface area contributed by atoms with Crippen molar-refractivity contribution < 1.29 is 9.90 Å². The molecule has 3 aromatic rings. The number of benzene rings is 2. The van der Waals surface area contributed by atoms with Crippen molar-refractivity contribution in [2.24, 2.45) is 5.92 Å². The summed E-state index contributed by atoms with van der Waals surface area (Å²) in [6.07, 6.45) is 1.99. The van der Waals surface area contributed by atoms with Crippen LogP contribution in [0.2, 0.25) is 0 Å². The fraction of sp³-hybridized carbons (Fsp3) is 0.333. The fourth-order valence-electron chi connectivity index (χ4n) is 3.75. The Kier molecular flexibility index (Phi) is 4.47. The standard InChI is InChI=1S/C21H23N3O2/c1-14-22-19-7-6-18(11-20(19)23-14)21(26)24-9-8-17(12-24)10-15-2-4-16(13-25)5-3-15/h2-7,11,17,25H,8-10,12-13H2,1H3,(H,22,23)/t17-/m1/s1. The second kappa shape index (κ2) is 6.92. The molecule has 0 aliphatic carbocycles. The van der Waals surface area contributed by atoms with Gasteiger partial charge in [0.05, 0.1) is 17.6 Å². The van der Waals surface area contributed by atoms with Crippen molar-refractivity contribution in [2.45, 2.75) is 26.4 Å². The summed E-state index contributed by atoms with van der Waals surface area (Å²) in [6.45, 7) is 3.59. The second-order valence-corrected chi connectivity index (χ2v) is 7.14. The molecule has 2 N–H and O–H groups in total. The van der Waals surface area contributed by atoms with Crippen LogP contribution in [0.5, 0.6) is 0 Å². The van der Waals surface area contributed by atoms with Gasteiger partial charge in [0.25, 0.3) is 5.91 Å². The van der Waals surface area contributed by atoms with Crippen molar-refractivity contribution in [3.8, 4) is 0 Å². The first-order chi connectivity index (χ1) is 12.6. The average molecular weight is 349 g/mol. The van der Waals surface area contributed by atoms with Crippen molar-refractivity contribution in [1.82, 2.24) is 14.9 Å². The summed E-state index contributed by atoms with van der Waals surface area (Å²) in [5.41, 5.74) is 4.71. The van der Waals surface area contributed by atoms with Crippen LogP contribution in [0, 0.1) is 12.8 Å². The van der Waals surface area contributed by atoms with Gasteiger partial charge < -0.3 is 15.0 Å². The molecule has 5 heteroatoms. The third kappa shape index (κ3) is 3.35. The predicted octanol–water partition coefficient (Wildman–Crippen LogP) is 3.07. The molecule has 1 aromatic heterocycles. The maximum absolute atomic E-state index is 12.8. The summed E-state index contributed by atoms with van der Waals surface area (Å²) in [5, 5.41) is 9.13. The van der Waals surface area contributed by atoms with E-state index in [1.165, 1.54) is 5.56 Å². The zero-order valence-electron chi connectivity index (χ0n) is 14.9. The SMILES string of the molecule is Cc1nc2ccc(C(=O)N3CC[C@H](Cc4ccc(CO)cc4)C3)cc2[nH]1. The minimum absolute atomic E-state index is 0.0756. The van der Waals surface area contributed by atoms with Gasteiger partial charge in [-0.1, -0.05) is 24.3 Å². The third-order valence-corrected chi connectivity index (χ3v) is 5.15. The second-order valence-electron chi connectivity index (χ2n) is 7.14. The molecule has 2 heterocycles. The van der Waals surface area contributed by atoms with Gasteiger partial charge in [-0.15, -0.1) is 0 Å². The maximum Gasteiger partial charge on any atom is 0.253 e. The van der Waals surface area contributed by atoms with Gasteiger partial charge >= 0.3 is 0 Å². The van der Waals surface area contributed by atoms with Crippen molar-refractivity contribution in [3.63, 3.8) is 0 Å². The average Bonchev–Trinajstić information content (AvgIpc) is 3.26. The van der Waals surface area contributed by atoms with Gasteiger partial charge in [0.2, 0.25) is 0 Å². The van der Waals surface area contributed by atoms with E-state index in [0.717, 1.165) is 48.4 Å². The Bertz CT molecular complexity index is 930. The summed E-state index contributed by atoms with van der Waals surface area (Å²) in [4.78, 5) is 22.4. The Hall–Kier alpha value is -2.66. The highest BCUT2D eigenvalue weighted by Crippen LogP contribution is 2.24. The number of hydrogen-bond donors (Lipinski definition) is 2. The number of likely N-dealkylation sites (tertiary alicyclic amines) is 1. The number of aromatic amines is 1. The number of aromatic nitrogens is 2. The lowest BCUT2D eigenvalue weighted by atomic mass is 9.98. The highest BCUT2D eigenvalue weighted by atomic mass is 16.3. The molecular weight excluding hydrogens is 326 g/mol. The lowest BCUT2D eigenvalue weighted by molar-refractivity contribution is 0.0787. The van der Waals surface area contributed by atoms with Gasteiger partial charge in [0.15, 0.2) is 0 Å². The summed E-state index contributed by atoms with van der Waals surface area (Å²) in [7, 11) is 0. The molecule has 0 radical (unpaired) electrons. The van der Waals surface area contributed by atoms with E-state index >= 15 is 0 Å². The smallest absolute Gasteiger partial charge is 0.253 e. The number of aliphatic hydroxyl groups excluding tert-OH is 1. The Morgan fingerprint density at radius 3 is 2.77 bits per heavy atom. The summed E-state index contributed by atoms with van der Waals surface area (Å²) < 4.78 is 0. The molecule has 2 aromatic carbocycles. The molecule has 0 unspecified atom stereocenters. The van der Waals surface area contributed by atoms with Crippen molar-refractivity contribution >= 4 is 16.9 Å². The van der Waals surface area contributed by atoms with Crippen LogP contribution in [0.4, 0.5) is 0 Å². The number of fused-ring (bicyclic) bond motifs is 1. The fourth-order valence-corrected chi connectivity index (χ4v) is 3.75. The Morgan fingerprint density at radius 1 is 1.23 bits per heavy atom. The molecule has 0 spiro atoms. The molecule has 4 rings (SSSR count). The number of carbonyl (C=O) groups excluding carboxylic acids is 1. The highest BCUT2D eigenvalue weighted by Gasteiger charge is 2.27. The van der Waals surface area contributed by atoms with Crippen LogP contribution in [0.25, 0.3) is 11.0 Å². The number of amides is 1. The van der Waals surface area contributed by atoms with Crippen LogP contribution in [0.3, 0.4) is 0 Å². The van der Waals surface area contributed by atoms with Crippen LogP contribution in [0.15, 0.2) is 42.5 Å². The Morgan fingerprint density at radius 2 is 2.00 bits per heavy atom. The number of carbonyl (C=O) groups is 1. The molecule has 134 valence electrons. The van der Waals surface area contributed by atoms with E-state index in [-0.39, 0.29) is 12.5 Å². The topological polar surface area (TPSA) is 69.2 Å². The van der Waals surface area contributed by atoms with Crippen LogP contribution in [0.1, 0.15) is 33.7 Å². The van der Waals surface area contributed by atoms with Gasteiger partial charge in [-0.2, -0.15) is 0 Å².